The molecule has 0 aromatic heterocycles. The number of nitrogens with zero attached hydrogens (tertiary/aromatic N) is 2. The number of rotatable bonds is 6. The van der Waals surface area contributed by atoms with Crippen molar-refractivity contribution < 1.29 is 24.2 Å². The first-order valence-corrected chi connectivity index (χ1v) is 10.1. The average molecular weight is 430 g/mol. The van der Waals surface area contributed by atoms with Crippen molar-refractivity contribution in [3.63, 3.8) is 0 Å². The molecule has 1 aliphatic rings. The molecule has 7 nitrogen and oxygen atoms in total. The van der Waals surface area contributed by atoms with E-state index in [1.54, 1.807) is 7.11 Å². The molecule has 0 radical (unpaired) electrons. The zero-order chi connectivity index (χ0) is 22.5. The van der Waals surface area contributed by atoms with Crippen molar-refractivity contribution >= 4 is 17.6 Å². The van der Waals surface area contributed by atoms with Crippen molar-refractivity contribution in [1.82, 2.24) is 5.01 Å². The van der Waals surface area contributed by atoms with Crippen molar-refractivity contribution in [3.05, 3.63) is 95.6 Å². The van der Waals surface area contributed by atoms with Crippen LogP contribution in [-0.4, -0.2) is 41.4 Å². The van der Waals surface area contributed by atoms with Gasteiger partial charge in [-0.1, -0.05) is 42.5 Å². The minimum Gasteiger partial charge on any atom is -0.508 e. The van der Waals surface area contributed by atoms with Gasteiger partial charge in [-0.05, 0) is 47.5 Å². The number of hydrogen-bond donors (Lipinski definition) is 1. The number of phenols is 1. The lowest BCUT2D eigenvalue weighted by atomic mass is 9.98. The number of ether oxygens (including phenoxy) is 2. The highest BCUT2D eigenvalue weighted by atomic mass is 16.5. The highest BCUT2D eigenvalue weighted by Gasteiger charge is 2.33. The van der Waals surface area contributed by atoms with Gasteiger partial charge < -0.3 is 14.6 Å². The normalized spacial score (nSPS) is 15.2. The molecule has 1 unspecified atom stereocenters. The number of esters is 1. The average Bonchev–Trinajstić information content (AvgIpc) is 3.29. The van der Waals surface area contributed by atoms with Gasteiger partial charge in [-0.15, -0.1) is 0 Å². The Bertz CT molecular complexity index is 1130. The Morgan fingerprint density at radius 2 is 1.69 bits per heavy atom. The van der Waals surface area contributed by atoms with E-state index in [1.807, 2.05) is 54.6 Å². The summed E-state index contributed by atoms with van der Waals surface area (Å²) in [6.07, 6.45) is 0.536. The fraction of sp³-hybridized carbons (Fsp3) is 0.160. The second-order valence-corrected chi connectivity index (χ2v) is 7.27. The SMILES string of the molecule is COc1ccc(C2CC(c3ccccc3)=NN2C(=O)COC(=O)c2ccc(O)cc2)cc1. The number of hydrazone groups is 1. The molecule has 1 amide bonds. The van der Waals surface area contributed by atoms with E-state index in [1.165, 1.54) is 29.3 Å². The van der Waals surface area contributed by atoms with E-state index in [9.17, 15) is 14.7 Å². The largest absolute Gasteiger partial charge is 0.508 e. The van der Waals surface area contributed by atoms with Gasteiger partial charge in [0.05, 0.1) is 24.4 Å². The maximum atomic E-state index is 13.0. The zero-order valence-corrected chi connectivity index (χ0v) is 17.5. The predicted molar refractivity (Wildman–Crippen MR) is 119 cm³/mol. The summed E-state index contributed by atoms with van der Waals surface area (Å²) >= 11 is 0. The van der Waals surface area contributed by atoms with Crippen LogP contribution in [0.5, 0.6) is 11.5 Å². The molecule has 162 valence electrons. The number of carbonyl (C=O) groups excluding carboxylic acids is 2. The maximum Gasteiger partial charge on any atom is 0.338 e. The number of phenolic OH excluding ortho intramolecular Hbond substituents is 1. The number of hydrogen-bond acceptors (Lipinski definition) is 6. The van der Waals surface area contributed by atoms with E-state index < -0.39 is 18.5 Å². The van der Waals surface area contributed by atoms with E-state index in [4.69, 9.17) is 9.47 Å². The highest BCUT2D eigenvalue weighted by Crippen LogP contribution is 2.33. The molecule has 0 saturated heterocycles. The predicted octanol–water partition coefficient (Wildman–Crippen LogP) is 3.94. The van der Waals surface area contributed by atoms with Gasteiger partial charge in [-0.2, -0.15) is 5.10 Å². The summed E-state index contributed by atoms with van der Waals surface area (Å²) < 4.78 is 10.4. The molecule has 1 atom stereocenters. The molecule has 1 N–H and O–H groups in total. The van der Waals surface area contributed by atoms with Crippen LogP contribution in [0, 0.1) is 0 Å². The first-order chi connectivity index (χ1) is 15.5. The summed E-state index contributed by atoms with van der Waals surface area (Å²) in [5.74, 6) is -0.314. The van der Waals surface area contributed by atoms with Gasteiger partial charge >= 0.3 is 5.97 Å². The monoisotopic (exact) mass is 430 g/mol. The summed E-state index contributed by atoms with van der Waals surface area (Å²) in [5.41, 5.74) is 2.86. The highest BCUT2D eigenvalue weighted by molar-refractivity contribution is 6.03. The second kappa shape index (κ2) is 9.34. The van der Waals surface area contributed by atoms with Crippen molar-refractivity contribution in [3.8, 4) is 11.5 Å². The fourth-order valence-corrected chi connectivity index (χ4v) is 3.51. The maximum absolute atomic E-state index is 13.0. The Hall–Kier alpha value is -4.13. The van der Waals surface area contributed by atoms with Crippen molar-refractivity contribution in [2.45, 2.75) is 12.5 Å². The van der Waals surface area contributed by atoms with Gasteiger partial charge in [-0.25, -0.2) is 9.80 Å². The van der Waals surface area contributed by atoms with Gasteiger partial charge in [0, 0.05) is 6.42 Å². The smallest absolute Gasteiger partial charge is 0.338 e. The number of methoxy groups -OCH3 is 1. The van der Waals surface area contributed by atoms with Gasteiger partial charge in [0.25, 0.3) is 5.91 Å². The lowest BCUT2D eigenvalue weighted by Gasteiger charge is -2.22. The van der Waals surface area contributed by atoms with Crippen LogP contribution < -0.4 is 4.74 Å². The van der Waals surface area contributed by atoms with E-state index in [0.717, 1.165) is 22.6 Å². The van der Waals surface area contributed by atoms with Gasteiger partial charge in [0.2, 0.25) is 0 Å². The van der Waals surface area contributed by atoms with Gasteiger partial charge in [-0.3, -0.25) is 4.79 Å². The van der Waals surface area contributed by atoms with E-state index in [0.29, 0.717) is 6.42 Å². The number of benzene rings is 3. The summed E-state index contributed by atoms with van der Waals surface area (Å²) in [6, 6.07) is 22.4. The fourth-order valence-electron chi connectivity index (χ4n) is 3.51. The van der Waals surface area contributed by atoms with Crippen molar-refractivity contribution in [1.29, 1.82) is 0 Å². The first-order valence-electron chi connectivity index (χ1n) is 10.1. The van der Waals surface area contributed by atoms with E-state index in [-0.39, 0.29) is 17.4 Å². The molecule has 0 aliphatic carbocycles. The van der Waals surface area contributed by atoms with Crippen LogP contribution in [0.25, 0.3) is 0 Å². The summed E-state index contributed by atoms with van der Waals surface area (Å²) in [4.78, 5) is 25.3. The Balaban J connectivity index is 1.53. The van der Waals surface area contributed by atoms with Crippen LogP contribution in [0.1, 0.15) is 33.9 Å². The number of carbonyl (C=O) groups is 2. The van der Waals surface area contributed by atoms with Crippen LogP contribution in [0.3, 0.4) is 0 Å². The molecule has 32 heavy (non-hydrogen) atoms. The molecule has 0 saturated carbocycles. The third kappa shape index (κ3) is 4.62. The summed E-state index contributed by atoms with van der Waals surface area (Å²) in [6.45, 7) is -0.446. The molecule has 3 aromatic carbocycles. The molecule has 0 spiro atoms. The number of aromatic hydroxyl groups is 1. The van der Waals surface area contributed by atoms with Crippen LogP contribution >= 0.6 is 0 Å². The van der Waals surface area contributed by atoms with Crippen molar-refractivity contribution in [2.75, 3.05) is 13.7 Å². The van der Waals surface area contributed by atoms with Crippen LogP contribution in [0.4, 0.5) is 0 Å². The van der Waals surface area contributed by atoms with Gasteiger partial charge in [0.15, 0.2) is 6.61 Å². The standard InChI is InChI=1S/C25H22N2O5/c1-31-21-13-9-18(10-14-21)23-15-22(17-5-3-2-4-6-17)26-27(23)24(29)16-32-25(30)19-7-11-20(28)12-8-19/h2-14,23,28H,15-16H2,1H3. The quantitative estimate of drug-likeness (QED) is 0.599. The molecule has 7 heteroatoms. The van der Waals surface area contributed by atoms with Crippen LogP contribution in [0.15, 0.2) is 84.0 Å². The summed E-state index contributed by atoms with van der Waals surface area (Å²) in [5, 5.41) is 15.3. The Kier molecular flexibility index (Phi) is 6.17. The topological polar surface area (TPSA) is 88.4 Å². The summed E-state index contributed by atoms with van der Waals surface area (Å²) in [7, 11) is 1.60. The van der Waals surface area contributed by atoms with Crippen molar-refractivity contribution in [2.24, 2.45) is 5.10 Å². The molecular formula is C25H22N2O5. The lowest BCUT2D eigenvalue weighted by molar-refractivity contribution is -0.136. The van der Waals surface area contributed by atoms with Crippen LogP contribution in [-0.2, 0) is 9.53 Å². The van der Waals surface area contributed by atoms with E-state index in [2.05, 4.69) is 5.10 Å². The molecule has 0 fully saturated rings. The minimum absolute atomic E-state index is 0.0415. The zero-order valence-electron chi connectivity index (χ0n) is 17.5. The van der Waals surface area contributed by atoms with E-state index >= 15 is 0 Å². The molecule has 1 aliphatic heterocycles. The Morgan fingerprint density at radius 3 is 2.34 bits per heavy atom. The molecule has 3 aromatic rings. The Labute approximate surface area is 185 Å². The molecule has 4 rings (SSSR count). The third-order valence-corrected chi connectivity index (χ3v) is 5.20. The van der Waals surface area contributed by atoms with Gasteiger partial charge in [0.1, 0.15) is 11.5 Å². The minimum atomic E-state index is -0.647. The lowest BCUT2D eigenvalue weighted by Crippen LogP contribution is -2.31. The first kappa shape index (κ1) is 21.1. The second-order valence-electron chi connectivity index (χ2n) is 7.27. The molecular weight excluding hydrogens is 408 g/mol. The molecule has 1 heterocycles. The number of amides is 1. The Morgan fingerprint density at radius 1 is 1.00 bits per heavy atom. The molecule has 0 bridgehead atoms. The third-order valence-electron chi connectivity index (χ3n) is 5.20. The van der Waals surface area contributed by atoms with Crippen LogP contribution in [0.2, 0.25) is 0 Å².